The van der Waals surface area contributed by atoms with Gasteiger partial charge in [-0.2, -0.15) is 11.8 Å². The van der Waals surface area contributed by atoms with Crippen molar-refractivity contribution in [1.82, 2.24) is 5.32 Å². The number of hydrogen-bond donors (Lipinski definition) is 3. The molecule has 0 aliphatic heterocycles. The van der Waals surface area contributed by atoms with Crippen LogP contribution in [0.15, 0.2) is 18.2 Å². The van der Waals surface area contributed by atoms with Crippen molar-refractivity contribution in [3.63, 3.8) is 0 Å². The first-order chi connectivity index (χ1) is 11.3. The van der Waals surface area contributed by atoms with Crippen molar-refractivity contribution >= 4 is 47.0 Å². The van der Waals surface area contributed by atoms with E-state index in [9.17, 15) is 14.4 Å². The van der Waals surface area contributed by atoms with E-state index in [0.29, 0.717) is 22.9 Å². The van der Waals surface area contributed by atoms with E-state index in [-0.39, 0.29) is 0 Å². The van der Waals surface area contributed by atoms with Crippen LogP contribution >= 0.6 is 23.4 Å². The molecule has 1 aromatic carbocycles. The number of primary amides is 1. The highest BCUT2D eigenvalue weighted by atomic mass is 35.5. The predicted octanol–water partition coefficient (Wildman–Crippen LogP) is 1.92. The molecule has 9 heteroatoms. The molecule has 0 bridgehead atoms. The monoisotopic (exact) mass is 373 g/mol. The fraction of sp³-hybridized carbons (Fsp3) is 0.400. The molecule has 0 heterocycles. The molecule has 0 aromatic heterocycles. The standard InChI is InChI=1S/C15H20ClN3O4S/c1-9-7-10(16)3-4-11(9)18-13(20)8-23-14(21)12(5-6-24-2)19-15(17)22/h3-4,7,12H,5-6,8H2,1-2H3,(H,18,20)(H3,17,19,22)/t12-/m0/s1. The van der Waals surface area contributed by atoms with E-state index in [1.54, 1.807) is 25.1 Å². The fourth-order valence-corrected chi connectivity index (χ4v) is 2.55. The number of amides is 3. The first-order valence-corrected chi connectivity index (χ1v) is 8.88. The predicted molar refractivity (Wildman–Crippen MR) is 95.3 cm³/mol. The molecule has 1 rings (SSSR count). The zero-order chi connectivity index (χ0) is 18.1. The zero-order valence-electron chi connectivity index (χ0n) is 13.4. The van der Waals surface area contributed by atoms with E-state index < -0.39 is 30.6 Å². The molecule has 0 aliphatic rings. The van der Waals surface area contributed by atoms with Gasteiger partial charge in [0, 0.05) is 10.7 Å². The van der Waals surface area contributed by atoms with Gasteiger partial charge in [0.2, 0.25) is 0 Å². The molecule has 0 fully saturated rings. The summed E-state index contributed by atoms with van der Waals surface area (Å²) in [5.74, 6) is -0.557. The smallest absolute Gasteiger partial charge is 0.329 e. The lowest BCUT2D eigenvalue weighted by molar-refractivity contribution is -0.149. The quantitative estimate of drug-likeness (QED) is 0.603. The van der Waals surface area contributed by atoms with Crippen molar-refractivity contribution in [2.75, 3.05) is 23.9 Å². The second-order valence-corrected chi connectivity index (χ2v) is 6.38. The van der Waals surface area contributed by atoms with Gasteiger partial charge in [-0.05, 0) is 49.1 Å². The first-order valence-electron chi connectivity index (χ1n) is 7.11. The zero-order valence-corrected chi connectivity index (χ0v) is 15.0. The number of carbonyl (C=O) groups excluding carboxylic acids is 3. The summed E-state index contributed by atoms with van der Waals surface area (Å²) in [4.78, 5) is 34.8. The summed E-state index contributed by atoms with van der Waals surface area (Å²) in [6, 6.07) is 3.32. The van der Waals surface area contributed by atoms with Crippen LogP contribution in [0.5, 0.6) is 0 Å². The number of carbonyl (C=O) groups is 3. The molecule has 132 valence electrons. The summed E-state index contributed by atoms with van der Waals surface area (Å²) in [6.07, 6.45) is 2.23. The van der Waals surface area contributed by atoms with Crippen LogP contribution in [0.3, 0.4) is 0 Å². The number of thioether (sulfide) groups is 1. The number of anilines is 1. The number of nitrogens with one attached hydrogen (secondary N) is 2. The van der Waals surface area contributed by atoms with Crippen molar-refractivity contribution in [2.24, 2.45) is 5.73 Å². The van der Waals surface area contributed by atoms with E-state index in [2.05, 4.69) is 10.6 Å². The average molecular weight is 374 g/mol. The van der Waals surface area contributed by atoms with E-state index in [0.717, 1.165) is 5.56 Å². The molecular weight excluding hydrogens is 354 g/mol. The van der Waals surface area contributed by atoms with Crippen LogP contribution in [0.1, 0.15) is 12.0 Å². The summed E-state index contributed by atoms with van der Waals surface area (Å²) >= 11 is 7.36. The third-order valence-electron chi connectivity index (χ3n) is 3.02. The maximum atomic E-state index is 12.0. The lowest BCUT2D eigenvalue weighted by Gasteiger charge is -2.16. The van der Waals surface area contributed by atoms with Crippen molar-refractivity contribution in [3.05, 3.63) is 28.8 Å². The van der Waals surface area contributed by atoms with E-state index in [1.165, 1.54) is 11.8 Å². The Bertz CT molecular complexity index is 612. The highest BCUT2D eigenvalue weighted by molar-refractivity contribution is 7.98. The van der Waals surface area contributed by atoms with Gasteiger partial charge >= 0.3 is 12.0 Å². The van der Waals surface area contributed by atoms with Crippen LogP contribution in [-0.2, 0) is 14.3 Å². The van der Waals surface area contributed by atoms with Crippen molar-refractivity contribution in [3.8, 4) is 0 Å². The van der Waals surface area contributed by atoms with Gasteiger partial charge in [0.1, 0.15) is 6.04 Å². The van der Waals surface area contributed by atoms with Crippen molar-refractivity contribution in [1.29, 1.82) is 0 Å². The Balaban J connectivity index is 2.54. The molecule has 0 radical (unpaired) electrons. The maximum Gasteiger partial charge on any atom is 0.329 e. The number of urea groups is 1. The van der Waals surface area contributed by atoms with Gasteiger partial charge in [-0.3, -0.25) is 4.79 Å². The third-order valence-corrected chi connectivity index (χ3v) is 3.90. The molecular formula is C15H20ClN3O4S. The number of halogens is 1. The van der Waals surface area contributed by atoms with Crippen LogP contribution < -0.4 is 16.4 Å². The van der Waals surface area contributed by atoms with Crippen molar-refractivity contribution in [2.45, 2.75) is 19.4 Å². The minimum Gasteiger partial charge on any atom is -0.454 e. The topological polar surface area (TPSA) is 111 Å². The van der Waals surface area contributed by atoms with Gasteiger partial charge in [-0.25, -0.2) is 9.59 Å². The summed E-state index contributed by atoms with van der Waals surface area (Å²) in [6.45, 7) is 1.33. The number of benzene rings is 1. The molecule has 0 unspecified atom stereocenters. The number of hydrogen-bond acceptors (Lipinski definition) is 5. The van der Waals surface area contributed by atoms with Gasteiger partial charge in [0.05, 0.1) is 0 Å². The molecule has 1 atom stereocenters. The molecule has 0 spiro atoms. The molecule has 24 heavy (non-hydrogen) atoms. The fourth-order valence-electron chi connectivity index (χ4n) is 1.85. The normalized spacial score (nSPS) is 11.5. The third kappa shape index (κ3) is 7.10. The molecule has 0 saturated carbocycles. The summed E-state index contributed by atoms with van der Waals surface area (Å²) in [7, 11) is 0. The van der Waals surface area contributed by atoms with Gasteiger partial charge in [-0.15, -0.1) is 0 Å². The second kappa shape index (κ2) is 10.0. The van der Waals surface area contributed by atoms with Crippen LogP contribution in [-0.4, -0.2) is 42.6 Å². The highest BCUT2D eigenvalue weighted by Crippen LogP contribution is 2.19. The molecule has 7 nitrogen and oxygen atoms in total. The summed E-state index contributed by atoms with van der Waals surface area (Å²) in [5, 5.41) is 5.49. The SMILES string of the molecule is CSCC[C@H](NC(N)=O)C(=O)OCC(=O)Nc1ccc(Cl)cc1C. The summed E-state index contributed by atoms with van der Waals surface area (Å²) in [5.41, 5.74) is 6.40. The minimum atomic E-state index is -0.875. The van der Waals surface area contributed by atoms with Gasteiger partial charge in [0.15, 0.2) is 6.61 Å². The molecule has 0 aliphatic carbocycles. The largest absolute Gasteiger partial charge is 0.454 e. The Hall–Kier alpha value is -1.93. The lowest BCUT2D eigenvalue weighted by Crippen LogP contribution is -2.45. The Kier molecular flexibility index (Phi) is 8.42. The molecule has 0 saturated heterocycles. The number of ether oxygens (including phenoxy) is 1. The lowest BCUT2D eigenvalue weighted by atomic mass is 10.2. The van der Waals surface area contributed by atoms with E-state index in [1.807, 2.05) is 6.26 Å². The van der Waals surface area contributed by atoms with E-state index >= 15 is 0 Å². The van der Waals surface area contributed by atoms with Crippen LogP contribution in [0, 0.1) is 6.92 Å². The van der Waals surface area contributed by atoms with Gasteiger partial charge < -0.3 is 21.1 Å². The second-order valence-electron chi connectivity index (χ2n) is 4.96. The number of esters is 1. The number of nitrogens with two attached hydrogens (primary N) is 1. The Morgan fingerprint density at radius 2 is 2.08 bits per heavy atom. The Morgan fingerprint density at radius 1 is 1.38 bits per heavy atom. The first kappa shape index (κ1) is 20.1. The molecule has 1 aromatic rings. The highest BCUT2D eigenvalue weighted by Gasteiger charge is 2.21. The van der Waals surface area contributed by atoms with E-state index in [4.69, 9.17) is 22.1 Å². The minimum absolute atomic E-state index is 0.362. The Labute approximate surface area is 149 Å². The van der Waals surface area contributed by atoms with Gasteiger partial charge in [-0.1, -0.05) is 11.6 Å². The number of rotatable bonds is 8. The number of aryl methyl sites for hydroxylation is 1. The molecule has 4 N–H and O–H groups in total. The van der Waals surface area contributed by atoms with Crippen LogP contribution in [0.25, 0.3) is 0 Å². The summed E-state index contributed by atoms with van der Waals surface area (Å²) < 4.78 is 4.94. The maximum absolute atomic E-state index is 12.0. The van der Waals surface area contributed by atoms with Crippen molar-refractivity contribution < 1.29 is 19.1 Å². The average Bonchev–Trinajstić information content (AvgIpc) is 2.51. The molecule has 3 amide bonds. The van der Waals surface area contributed by atoms with Gasteiger partial charge in [0.25, 0.3) is 5.91 Å². The van der Waals surface area contributed by atoms with Crippen LogP contribution in [0.2, 0.25) is 5.02 Å². The Morgan fingerprint density at radius 3 is 2.67 bits per heavy atom. The van der Waals surface area contributed by atoms with Crippen LogP contribution in [0.4, 0.5) is 10.5 Å².